The predicted octanol–water partition coefficient (Wildman–Crippen LogP) is 4.70. The normalized spacial score (nSPS) is 30.9. The van der Waals surface area contributed by atoms with E-state index in [1.54, 1.807) is 0 Å². The number of hydrogen-bond acceptors (Lipinski definition) is 1. The summed E-state index contributed by atoms with van der Waals surface area (Å²) >= 11 is 0. The van der Waals surface area contributed by atoms with Crippen molar-refractivity contribution in [2.45, 2.75) is 31.1 Å². The molecule has 1 fully saturated rings. The molecule has 1 saturated carbocycles. The minimum absolute atomic E-state index is 0.0521. The Hall–Kier alpha value is -2.15. The highest BCUT2D eigenvalue weighted by Crippen LogP contribution is 2.59. The van der Waals surface area contributed by atoms with Crippen molar-refractivity contribution >= 4 is 5.78 Å². The van der Waals surface area contributed by atoms with Gasteiger partial charge in [-0.2, -0.15) is 0 Å². The highest BCUT2D eigenvalue weighted by atomic mass is 16.1. The fourth-order valence-electron chi connectivity index (χ4n) is 5.35. The molecule has 0 amide bonds. The van der Waals surface area contributed by atoms with E-state index < -0.39 is 0 Å². The lowest BCUT2D eigenvalue weighted by Crippen LogP contribution is -2.39. The number of carbonyl (C=O) groups excluding carboxylic acids is 1. The molecule has 3 unspecified atom stereocenters. The van der Waals surface area contributed by atoms with E-state index in [0.717, 1.165) is 12.8 Å². The zero-order valence-corrected chi connectivity index (χ0v) is 13.2. The van der Waals surface area contributed by atoms with Crippen LogP contribution in [-0.2, 0) is 16.6 Å². The summed E-state index contributed by atoms with van der Waals surface area (Å²) in [5.74, 6) is 1.63. The average molecular weight is 300 g/mol. The molecule has 3 atom stereocenters. The maximum absolute atomic E-state index is 12.5. The Kier molecular flexibility index (Phi) is 2.70. The van der Waals surface area contributed by atoms with Gasteiger partial charge in [-0.25, -0.2) is 0 Å². The van der Waals surface area contributed by atoms with Crippen molar-refractivity contribution in [3.63, 3.8) is 0 Å². The molecule has 3 aliphatic rings. The molecule has 0 N–H and O–H groups in total. The molecule has 1 nitrogen and oxygen atoms in total. The molecule has 1 spiro atoms. The van der Waals surface area contributed by atoms with E-state index in [1.165, 1.54) is 28.7 Å². The fourth-order valence-corrected chi connectivity index (χ4v) is 5.35. The van der Waals surface area contributed by atoms with Gasteiger partial charge in [0.2, 0.25) is 0 Å². The van der Waals surface area contributed by atoms with Crippen LogP contribution in [0.25, 0.3) is 11.1 Å². The van der Waals surface area contributed by atoms with Gasteiger partial charge in [-0.1, -0.05) is 60.7 Å². The second-order valence-electron chi connectivity index (χ2n) is 7.45. The van der Waals surface area contributed by atoms with E-state index >= 15 is 0 Å². The number of rotatable bonds is 1. The van der Waals surface area contributed by atoms with Crippen LogP contribution in [0, 0.1) is 11.8 Å². The molecule has 2 bridgehead atoms. The molecule has 0 aliphatic heterocycles. The van der Waals surface area contributed by atoms with E-state index in [2.05, 4.69) is 60.7 Å². The average Bonchev–Trinajstić information content (AvgIpc) is 3.16. The summed E-state index contributed by atoms with van der Waals surface area (Å²) in [5, 5.41) is 0. The Morgan fingerprint density at radius 1 is 0.957 bits per heavy atom. The monoisotopic (exact) mass is 300 g/mol. The fraction of sp³-hybridized carbons (Fsp3) is 0.318. The van der Waals surface area contributed by atoms with Gasteiger partial charge in [0.1, 0.15) is 5.78 Å². The van der Waals surface area contributed by atoms with E-state index in [1.807, 2.05) is 0 Å². The van der Waals surface area contributed by atoms with Gasteiger partial charge in [-0.15, -0.1) is 0 Å². The first-order chi connectivity index (χ1) is 11.3. The number of carbonyl (C=O) groups is 1. The first-order valence-corrected chi connectivity index (χ1v) is 8.64. The first kappa shape index (κ1) is 13.3. The van der Waals surface area contributed by atoms with Crippen molar-refractivity contribution in [2.75, 3.05) is 0 Å². The zero-order chi connectivity index (χ0) is 15.4. The van der Waals surface area contributed by atoms with Gasteiger partial charge in [0.05, 0.1) is 0 Å². The van der Waals surface area contributed by atoms with E-state index in [4.69, 9.17) is 0 Å². The van der Waals surface area contributed by atoms with Gasteiger partial charge < -0.3 is 0 Å². The molecular weight excluding hydrogens is 280 g/mol. The standard InChI is InChI=1S/C22H20O/c23-19-12-17-7-4-8-20(16-5-2-1-3-6-16)21(17)22(14-19)13-15-9-10-18(22)11-15/h1-10,15,18H,11-14H2. The Balaban J connectivity index is 1.78. The van der Waals surface area contributed by atoms with Gasteiger partial charge in [-0.05, 0) is 46.9 Å². The number of allylic oxidation sites excluding steroid dienone is 2. The van der Waals surface area contributed by atoms with Crippen LogP contribution in [0.3, 0.4) is 0 Å². The molecule has 23 heavy (non-hydrogen) atoms. The van der Waals surface area contributed by atoms with Gasteiger partial charge in [0, 0.05) is 18.3 Å². The summed E-state index contributed by atoms with van der Waals surface area (Å²) in [7, 11) is 0. The van der Waals surface area contributed by atoms with Crippen LogP contribution in [-0.4, -0.2) is 5.78 Å². The highest BCUT2D eigenvalue weighted by molar-refractivity contribution is 5.88. The predicted molar refractivity (Wildman–Crippen MR) is 92.2 cm³/mol. The number of fused-ring (bicyclic) bond motifs is 5. The maximum atomic E-state index is 12.5. The van der Waals surface area contributed by atoms with Crippen LogP contribution in [0.15, 0.2) is 60.7 Å². The summed E-state index contributed by atoms with van der Waals surface area (Å²) in [5.41, 5.74) is 5.42. The minimum atomic E-state index is 0.0521. The lowest BCUT2D eigenvalue weighted by Gasteiger charge is -2.42. The van der Waals surface area contributed by atoms with Crippen LogP contribution in [0.1, 0.15) is 30.4 Å². The summed E-state index contributed by atoms with van der Waals surface area (Å²) < 4.78 is 0. The number of hydrogen-bond donors (Lipinski definition) is 0. The molecule has 0 heterocycles. The number of benzene rings is 2. The van der Waals surface area contributed by atoms with Gasteiger partial charge >= 0.3 is 0 Å². The SMILES string of the molecule is O=C1Cc2cccc(-c3ccccc3)c2C2(C1)CC1C=CC2C1. The molecule has 0 saturated heterocycles. The van der Waals surface area contributed by atoms with Gasteiger partial charge in [0.15, 0.2) is 0 Å². The van der Waals surface area contributed by atoms with E-state index in [-0.39, 0.29) is 5.41 Å². The molecule has 1 heteroatoms. The molecule has 5 rings (SSSR count). The Labute approximate surface area is 137 Å². The number of Topliss-reactive ketones (excluding diaryl/α,β-unsaturated/α-hetero) is 1. The Morgan fingerprint density at radius 3 is 2.57 bits per heavy atom. The minimum Gasteiger partial charge on any atom is -0.299 e. The molecule has 2 aromatic rings. The van der Waals surface area contributed by atoms with Gasteiger partial charge in [-0.3, -0.25) is 4.79 Å². The lowest BCUT2D eigenvalue weighted by molar-refractivity contribution is -0.120. The number of ketones is 1. The van der Waals surface area contributed by atoms with Crippen molar-refractivity contribution in [1.29, 1.82) is 0 Å². The molecule has 0 radical (unpaired) electrons. The molecule has 0 aromatic heterocycles. The van der Waals surface area contributed by atoms with Crippen LogP contribution in [0.2, 0.25) is 0 Å². The third kappa shape index (κ3) is 1.83. The zero-order valence-electron chi connectivity index (χ0n) is 13.2. The van der Waals surface area contributed by atoms with Crippen LogP contribution in [0.4, 0.5) is 0 Å². The smallest absolute Gasteiger partial charge is 0.138 e. The second-order valence-corrected chi connectivity index (χ2v) is 7.45. The van der Waals surface area contributed by atoms with E-state index in [0.29, 0.717) is 24.0 Å². The molecular formula is C22H20O. The summed E-state index contributed by atoms with van der Waals surface area (Å²) in [6.45, 7) is 0. The van der Waals surface area contributed by atoms with Crippen molar-refractivity contribution in [1.82, 2.24) is 0 Å². The third-order valence-electron chi connectivity index (χ3n) is 6.14. The van der Waals surface area contributed by atoms with Crippen molar-refractivity contribution < 1.29 is 4.79 Å². The topological polar surface area (TPSA) is 17.1 Å². The van der Waals surface area contributed by atoms with Crippen molar-refractivity contribution in [3.05, 3.63) is 71.8 Å². The summed E-state index contributed by atoms with van der Waals surface area (Å²) in [6.07, 6.45) is 8.49. The summed E-state index contributed by atoms with van der Waals surface area (Å²) in [4.78, 5) is 12.5. The van der Waals surface area contributed by atoms with Crippen LogP contribution < -0.4 is 0 Å². The Morgan fingerprint density at radius 2 is 1.83 bits per heavy atom. The van der Waals surface area contributed by atoms with Crippen LogP contribution in [0.5, 0.6) is 0 Å². The Bertz CT molecular complexity index is 817. The molecule has 2 aromatic carbocycles. The van der Waals surface area contributed by atoms with Crippen molar-refractivity contribution in [2.24, 2.45) is 11.8 Å². The van der Waals surface area contributed by atoms with Crippen LogP contribution >= 0.6 is 0 Å². The molecule has 3 aliphatic carbocycles. The summed E-state index contributed by atoms with van der Waals surface area (Å²) in [6, 6.07) is 17.2. The lowest BCUT2D eigenvalue weighted by atomic mass is 9.61. The van der Waals surface area contributed by atoms with Crippen molar-refractivity contribution in [3.8, 4) is 11.1 Å². The highest BCUT2D eigenvalue weighted by Gasteiger charge is 2.53. The second kappa shape index (κ2) is 4.67. The third-order valence-corrected chi connectivity index (χ3v) is 6.14. The van der Waals surface area contributed by atoms with E-state index in [9.17, 15) is 4.79 Å². The molecule has 114 valence electrons. The maximum Gasteiger partial charge on any atom is 0.138 e. The van der Waals surface area contributed by atoms with Gasteiger partial charge in [0.25, 0.3) is 0 Å². The quantitative estimate of drug-likeness (QED) is 0.698. The first-order valence-electron chi connectivity index (χ1n) is 8.64. The largest absolute Gasteiger partial charge is 0.299 e.